The average molecular weight is 295 g/mol. The van der Waals surface area contributed by atoms with E-state index in [0.717, 1.165) is 18.8 Å². The third-order valence-corrected chi connectivity index (χ3v) is 3.46. The second-order valence-corrected chi connectivity index (χ2v) is 5.22. The van der Waals surface area contributed by atoms with Crippen LogP contribution >= 0.6 is 23.4 Å². The van der Waals surface area contributed by atoms with E-state index >= 15 is 0 Å². The van der Waals surface area contributed by atoms with Gasteiger partial charge in [0, 0.05) is 32.1 Å². The number of nitrogens with zero attached hydrogens (tertiary/aromatic N) is 4. The first-order chi connectivity index (χ1) is 9.19. The Labute approximate surface area is 122 Å². The molecule has 100 valence electrons. The van der Waals surface area contributed by atoms with Crippen LogP contribution in [0, 0.1) is 0 Å². The van der Waals surface area contributed by atoms with Gasteiger partial charge in [-0.3, -0.25) is 4.98 Å². The maximum atomic E-state index is 5.99. The molecule has 0 unspecified atom stereocenters. The normalized spacial score (nSPS) is 10.5. The number of pyridine rings is 1. The molecular formula is C13H15ClN4S. The van der Waals surface area contributed by atoms with Gasteiger partial charge in [0.25, 0.3) is 0 Å². The molecule has 2 heterocycles. The molecule has 0 radical (unpaired) electrons. The van der Waals surface area contributed by atoms with Crippen LogP contribution in [0.1, 0.15) is 5.56 Å². The molecule has 0 fully saturated rings. The molecule has 0 atom stereocenters. The molecule has 2 rings (SSSR count). The van der Waals surface area contributed by atoms with Crippen molar-refractivity contribution < 1.29 is 0 Å². The van der Waals surface area contributed by atoms with E-state index in [9.17, 15) is 0 Å². The maximum Gasteiger partial charge on any atom is 0.190 e. The zero-order chi connectivity index (χ0) is 13.7. The number of anilines is 1. The predicted molar refractivity (Wildman–Crippen MR) is 80.0 cm³/mol. The maximum absolute atomic E-state index is 5.99. The monoisotopic (exact) mass is 294 g/mol. The molecule has 2 aromatic heterocycles. The molecule has 6 heteroatoms. The fraction of sp³-hybridized carbons (Fsp3) is 0.308. The van der Waals surface area contributed by atoms with E-state index in [1.165, 1.54) is 17.3 Å². The van der Waals surface area contributed by atoms with Gasteiger partial charge in [-0.25, -0.2) is 9.97 Å². The highest BCUT2D eigenvalue weighted by molar-refractivity contribution is 7.98. The molecule has 0 aliphatic rings. The number of hydrogen-bond donors (Lipinski definition) is 0. The second kappa shape index (κ2) is 6.73. The molecule has 0 aliphatic heterocycles. The van der Waals surface area contributed by atoms with Crippen LogP contribution in [0.5, 0.6) is 0 Å². The van der Waals surface area contributed by atoms with Gasteiger partial charge >= 0.3 is 0 Å². The van der Waals surface area contributed by atoms with Crippen molar-refractivity contribution in [3.63, 3.8) is 0 Å². The van der Waals surface area contributed by atoms with E-state index < -0.39 is 0 Å². The second-order valence-electron chi connectivity index (χ2n) is 4.06. The fourth-order valence-electron chi connectivity index (χ4n) is 1.63. The third kappa shape index (κ3) is 4.08. The largest absolute Gasteiger partial charge is 0.359 e. The van der Waals surface area contributed by atoms with Crippen LogP contribution in [0.3, 0.4) is 0 Å². The molecule has 0 aromatic carbocycles. The zero-order valence-corrected chi connectivity index (χ0v) is 12.4. The predicted octanol–water partition coefficient (Wildman–Crippen LogP) is 2.93. The van der Waals surface area contributed by atoms with Crippen molar-refractivity contribution in [1.29, 1.82) is 0 Å². The van der Waals surface area contributed by atoms with Gasteiger partial charge in [0.1, 0.15) is 11.0 Å². The van der Waals surface area contributed by atoms with Crippen molar-refractivity contribution in [1.82, 2.24) is 15.0 Å². The average Bonchev–Trinajstić information content (AvgIpc) is 2.45. The summed E-state index contributed by atoms with van der Waals surface area (Å²) in [4.78, 5) is 14.7. The van der Waals surface area contributed by atoms with Gasteiger partial charge in [0.15, 0.2) is 5.16 Å². The molecule has 4 nitrogen and oxygen atoms in total. The topological polar surface area (TPSA) is 41.9 Å². The molecule has 0 saturated heterocycles. The summed E-state index contributed by atoms with van der Waals surface area (Å²) in [7, 11) is 2.00. The van der Waals surface area contributed by atoms with Gasteiger partial charge in [-0.2, -0.15) is 0 Å². The third-order valence-electron chi connectivity index (χ3n) is 2.72. The number of aromatic nitrogens is 3. The molecular weight excluding hydrogens is 280 g/mol. The summed E-state index contributed by atoms with van der Waals surface area (Å²) in [5.41, 5.74) is 1.26. The van der Waals surface area contributed by atoms with Crippen LogP contribution in [0.15, 0.2) is 35.7 Å². The number of thioether (sulfide) groups is 1. The van der Waals surface area contributed by atoms with E-state index in [-0.39, 0.29) is 0 Å². The van der Waals surface area contributed by atoms with Crippen molar-refractivity contribution in [2.75, 3.05) is 24.7 Å². The molecule has 0 N–H and O–H groups in total. The lowest BCUT2D eigenvalue weighted by atomic mass is 10.2. The van der Waals surface area contributed by atoms with E-state index in [1.807, 2.05) is 37.8 Å². The Morgan fingerprint density at radius 3 is 2.68 bits per heavy atom. The number of likely N-dealkylation sites (N-methyl/N-ethyl adjacent to an activating group) is 1. The van der Waals surface area contributed by atoms with Crippen LogP contribution in [0.4, 0.5) is 5.82 Å². The zero-order valence-electron chi connectivity index (χ0n) is 10.9. The Morgan fingerprint density at radius 2 is 2.00 bits per heavy atom. The number of hydrogen-bond acceptors (Lipinski definition) is 5. The van der Waals surface area contributed by atoms with Gasteiger partial charge in [-0.05, 0) is 30.4 Å². The molecule has 0 saturated carbocycles. The SMILES string of the molecule is CSc1nc(Cl)cc(N(C)CCc2ccncc2)n1. The van der Waals surface area contributed by atoms with E-state index in [2.05, 4.69) is 19.9 Å². The number of rotatable bonds is 5. The Hall–Kier alpha value is -1.33. The lowest BCUT2D eigenvalue weighted by Gasteiger charge is -2.18. The highest BCUT2D eigenvalue weighted by atomic mass is 35.5. The Kier molecular flexibility index (Phi) is 4.99. The summed E-state index contributed by atoms with van der Waals surface area (Å²) in [5, 5.41) is 1.17. The van der Waals surface area contributed by atoms with Crippen molar-refractivity contribution in [2.24, 2.45) is 0 Å². The highest BCUT2D eigenvalue weighted by Gasteiger charge is 2.07. The van der Waals surface area contributed by atoms with Crippen molar-refractivity contribution in [3.8, 4) is 0 Å². The minimum absolute atomic E-state index is 0.477. The summed E-state index contributed by atoms with van der Waals surface area (Å²) in [5.74, 6) is 0.846. The standard InChI is InChI=1S/C13H15ClN4S/c1-18(8-5-10-3-6-15-7-4-10)12-9-11(14)16-13(17-12)19-2/h3-4,6-7,9H,5,8H2,1-2H3. The van der Waals surface area contributed by atoms with E-state index in [0.29, 0.717) is 10.3 Å². The first kappa shape index (κ1) is 14.1. The molecule has 0 spiro atoms. The summed E-state index contributed by atoms with van der Waals surface area (Å²) < 4.78 is 0. The quantitative estimate of drug-likeness (QED) is 0.482. The Balaban J connectivity index is 2.03. The summed E-state index contributed by atoms with van der Waals surface area (Å²) in [6, 6.07) is 5.83. The molecule has 19 heavy (non-hydrogen) atoms. The minimum Gasteiger partial charge on any atom is -0.359 e. The molecule has 2 aromatic rings. The van der Waals surface area contributed by atoms with Gasteiger partial charge in [-0.15, -0.1) is 0 Å². The minimum atomic E-state index is 0.477. The summed E-state index contributed by atoms with van der Waals surface area (Å²) in [6.07, 6.45) is 6.49. The molecule has 0 aliphatic carbocycles. The molecule has 0 amide bonds. The van der Waals surface area contributed by atoms with Crippen molar-refractivity contribution >= 4 is 29.2 Å². The van der Waals surface area contributed by atoms with E-state index in [1.54, 1.807) is 6.07 Å². The smallest absolute Gasteiger partial charge is 0.190 e. The van der Waals surface area contributed by atoms with Gasteiger partial charge in [0.05, 0.1) is 0 Å². The van der Waals surface area contributed by atoms with E-state index in [4.69, 9.17) is 11.6 Å². The Bertz CT molecular complexity index is 535. The van der Waals surface area contributed by atoms with Crippen LogP contribution in [-0.2, 0) is 6.42 Å². The van der Waals surface area contributed by atoms with Crippen molar-refractivity contribution in [3.05, 3.63) is 41.3 Å². The highest BCUT2D eigenvalue weighted by Crippen LogP contribution is 2.19. The van der Waals surface area contributed by atoms with Crippen LogP contribution < -0.4 is 4.90 Å². The van der Waals surface area contributed by atoms with Gasteiger partial charge < -0.3 is 4.90 Å². The first-order valence-corrected chi connectivity index (χ1v) is 7.48. The van der Waals surface area contributed by atoms with Crippen molar-refractivity contribution in [2.45, 2.75) is 11.6 Å². The van der Waals surface area contributed by atoms with Gasteiger partial charge in [0.2, 0.25) is 0 Å². The van der Waals surface area contributed by atoms with Crippen LogP contribution in [0.25, 0.3) is 0 Å². The first-order valence-electron chi connectivity index (χ1n) is 5.87. The van der Waals surface area contributed by atoms with Crippen LogP contribution in [-0.4, -0.2) is 34.8 Å². The Morgan fingerprint density at radius 1 is 1.26 bits per heavy atom. The number of halogens is 1. The lowest BCUT2D eigenvalue weighted by Crippen LogP contribution is -2.21. The lowest BCUT2D eigenvalue weighted by molar-refractivity contribution is 0.833. The fourth-order valence-corrected chi connectivity index (χ4v) is 2.24. The summed E-state index contributed by atoms with van der Waals surface area (Å²) >= 11 is 7.48. The van der Waals surface area contributed by atoms with Crippen LogP contribution in [0.2, 0.25) is 5.15 Å². The van der Waals surface area contributed by atoms with Gasteiger partial charge in [-0.1, -0.05) is 23.4 Å². The molecule has 0 bridgehead atoms. The summed E-state index contributed by atoms with van der Waals surface area (Å²) in [6.45, 7) is 0.866.